The fourth-order valence-corrected chi connectivity index (χ4v) is 5.89. The highest BCUT2D eigenvalue weighted by Gasteiger charge is 2.25. The van der Waals surface area contributed by atoms with Gasteiger partial charge in [0.05, 0.1) is 19.5 Å². The largest absolute Gasteiger partial charge is 0.498 e. The molecule has 0 amide bonds. The highest BCUT2D eigenvalue weighted by molar-refractivity contribution is 7.47. The quantitative estimate of drug-likeness (QED) is 0.0211. The average Bonchev–Trinajstić information content (AvgIpc) is 3.13. The lowest BCUT2D eigenvalue weighted by Gasteiger charge is -2.19. The van der Waals surface area contributed by atoms with Gasteiger partial charge in [0.25, 0.3) is 0 Å². The third-order valence-corrected chi connectivity index (χ3v) is 9.14. The van der Waals surface area contributed by atoms with Gasteiger partial charge in [-0.05, 0) is 89.5 Å². The van der Waals surface area contributed by atoms with Crippen molar-refractivity contribution in [1.82, 2.24) is 0 Å². The number of allylic oxidation sites excluding steroid dienone is 11. The van der Waals surface area contributed by atoms with Crippen LogP contribution in [0.25, 0.3) is 0 Å². The molecule has 1 unspecified atom stereocenters. The van der Waals surface area contributed by atoms with Crippen LogP contribution in [0.3, 0.4) is 0 Å². The van der Waals surface area contributed by atoms with E-state index in [9.17, 15) is 14.3 Å². The predicted octanol–water partition coefficient (Wildman–Crippen LogP) is 12.3. The van der Waals surface area contributed by atoms with E-state index in [0.29, 0.717) is 6.42 Å². The number of phosphoric acid groups is 1. The SMILES string of the molecule is CCCCC/C=C\C/C=C\C/C=C\C/C=C\CCCC(=O)O[C@H](CO/C=C\CCCCCCCC/C=C\CCCCCC)COP(=O)(O)OCCN. The molecule has 0 aromatic carbocycles. The van der Waals surface area contributed by atoms with Gasteiger partial charge in [-0.2, -0.15) is 0 Å². The molecule has 3 N–H and O–H groups in total. The summed E-state index contributed by atoms with van der Waals surface area (Å²) in [5.74, 6) is -0.411. The fourth-order valence-electron chi connectivity index (χ4n) is 5.12. The second-order valence-corrected chi connectivity index (χ2v) is 14.7. The number of esters is 1. The molecule has 0 fully saturated rings. The minimum atomic E-state index is -4.31. The van der Waals surface area contributed by atoms with Crippen molar-refractivity contribution in [3.63, 3.8) is 0 Å². The summed E-state index contributed by atoms with van der Waals surface area (Å²) in [4.78, 5) is 22.4. The molecule has 52 heavy (non-hydrogen) atoms. The van der Waals surface area contributed by atoms with Gasteiger partial charge in [0.1, 0.15) is 6.61 Å². The molecule has 0 aromatic heterocycles. The van der Waals surface area contributed by atoms with Crippen LogP contribution in [0.5, 0.6) is 0 Å². The fraction of sp³-hybridized carbons (Fsp3) is 0.698. The lowest BCUT2D eigenvalue weighted by Crippen LogP contribution is -2.27. The van der Waals surface area contributed by atoms with Crippen LogP contribution in [-0.4, -0.2) is 43.3 Å². The first-order valence-corrected chi connectivity index (χ1v) is 22.0. The lowest BCUT2D eigenvalue weighted by atomic mass is 10.1. The maximum Gasteiger partial charge on any atom is 0.472 e. The number of nitrogens with two attached hydrogens (primary N) is 1. The Kier molecular flexibility index (Phi) is 38.3. The molecule has 0 spiro atoms. The minimum absolute atomic E-state index is 0.00346. The molecule has 0 aliphatic heterocycles. The number of carbonyl (C=O) groups excluding carboxylic acids is 1. The number of hydrogen-bond donors (Lipinski definition) is 2. The maximum atomic E-state index is 12.5. The van der Waals surface area contributed by atoms with E-state index in [4.69, 9.17) is 24.3 Å². The van der Waals surface area contributed by atoms with Crippen LogP contribution in [0.1, 0.15) is 162 Å². The summed E-state index contributed by atoms with van der Waals surface area (Å²) >= 11 is 0. The molecule has 9 heteroatoms. The Balaban J connectivity index is 4.25. The van der Waals surface area contributed by atoms with Crippen LogP contribution >= 0.6 is 7.82 Å². The standard InChI is InChI=1S/C43H76NO7P/c1-3-5-7-9-11-13-15-17-19-21-22-24-26-28-30-32-34-36-43(45)51-42(41-50-52(46,47)49-39-37-44)40-48-38-35-33-31-29-27-25-23-20-18-16-14-12-10-8-6-4-2/h11,13-14,16-17,19,22,24,28,30,35,38,42H,3-10,12,15,18,20-21,23,25-27,29,31-34,36-37,39-41,44H2,1-2H3,(H,46,47)/b13-11-,16-14-,19-17-,24-22-,30-28-,38-35-/t42-/m1/s1. The van der Waals surface area contributed by atoms with Gasteiger partial charge in [-0.1, -0.05) is 132 Å². The molecule has 0 aliphatic rings. The number of carbonyl (C=O) groups is 1. The molecule has 0 rings (SSSR count). The third-order valence-electron chi connectivity index (χ3n) is 8.16. The van der Waals surface area contributed by atoms with Crippen molar-refractivity contribution in [1.29, 1.82) is 0 Å². The molecule has 300 valence electrons. The highest BCUT2D eigenvalue weighted by atomic mass is 31.2. The summed E-state index contributed by atoms with van der Waals surface area (Å²) in [5.41, 5.74) is 5.35. The van der Waals surface area contributed by atoms with Crippen molar-refractivity contribution in [3.05, 3.63) is 73.1 Å². The molecule has 8 nitrogen and oxygen atoms in total. The molecular weight excluding hydrogens is 673 g/mol. The summed E-state index contributed by atoms with van der Waals surface area (Å²) in [6.45, 7) is 4.11. The monoisotopic (exact) mass is 750 g/mol. The highest BCUT2D eigenvalue weighted by Crippen LogP contribution is 2.43. The van der Waals surface area contributed by atoms with Crippen molar-refractivity contribution in [2.75, 3.05) is 26.4 Å². The van der Waals surface area contributed by atoms with Crippen LogP contribution in [0, 0.1) is 0 Å². The van der Waals surface area contributed by atoms with Gasteiger partial charge in [0.2, 0.25) is 0 Å². The molecule has 0 saturated heterocycles. The summed E-state index contributed by atoms with van der Waals surface area (Å²) in [6, 6.07) is 0. The van der Waals surface area contributed by atoms with Crippen LogP contribution in [0.2, 0.25) is 0 Å². The van der Waals surface area contributed by atoms with E-state index >= 15 is 0 Å². The molecule has 0 bridgehead atoms. The van der Waals surface area contributed by atoms with E-state index in [-0.39, 0.29) is 32.8 Å². The number of phosphoric ester groups is 1. The molecule has 0 aromatic rings. The van der Waals surface area contributed by atoms with Gasteiger partial charge in [0, 0.05) is 13.0 Å². The predicted molar refractivity (Wildman–Crippen MR) is 219 cm³/mol. The van der Waals surface area contributed by atoms with Crippen molar-refractivity contribution >= 4 is 13.8 Å². The van der Waals surface area contributed by atoms with E-state index in [2.05, 4.69) is 74.6 Å². The van der Waals surface area contributed by atoms with Gasteiger partial charge in [-0.15, -0.1) is 0 Å². The number of unbranched alkanes of at least 4 members (excludes halogenated alkanes) is 15. The molecule has 2 atom stereocenters. The maximum absolute atomic E-state index is 12.5. The Morgan fingerprint density at radius 1 is 0.596 bits per heavy atom. The van der Waals surface area contributed by atoms with Crippen molar-refractivity contribution in [2.24, 2.45) is 5.73 Å². The average molecular weight is 750 g/mol. The van der Waals surface area contributed by atoms with E-state index in [1.165, 1.54) is 96.3 Å². The minimum Gasteiger partial charge on any atom is -0.498 e. The summed E-state index contributed by atoms with van der Waals surface area (Å²) in [5, 5.41) is 0. The Bertz CT molecular complexity index is 1020. The summed E-state index contributed by atoms with van der Waals surface area (Å²) < 4.78 is 33.1. The van der Waals surface area contributed by atoms with Gasteiger partial charge in [-0.25, -0.2) is 4.57 Å². The summed E-state index contributed by atoms with van der Waals surface area (Å²) in [6.07, 6.45) is 50.1. The van der Waals surface area contributed by atoms with E-state index in [0.717, 1.165) is 38.5 Å². The number of hydrogen-bond acceptors (Lipinski definition) is 7. The van der Waals surface area contributed by atoms with Gasteiger partial charge in [-0.3, -0.25) is 13.8 Å². The van der Waals surface area contributed by atoms with Crippen LogP contribution in [-0.2, 0) is 27.9 Å². The van der Waals surface area contributed by atoms with Crippen molar-refractivity contribution in [3.8, 4) is 0 Å². The van der Waals surface area contributed by atoms with Crippen LogP contribution in [0.4, 0.5) is 0 Å². The summed E-state index contributed by atoms with van der Waals surface area (Å²) in [7, 11) is -4.31. The zero-order valence-corrected chi connectivity index (χ0v) is 33.9. The Hall–Kier alpha value is -2.22. The van der Waals surface area contributed by atoms with E-state index in [1.807, 2.05) is 6.08 Å². The Labute approximate surface area is 318 Å². The second-order valence-electron chi connectivity index (χ2n) is 13.2. The van der Waals surface area contributed by atoms with Crippen molar-refractivity contribution < 1.29 is 32.8 Å². The first kappa shape index (κ1) is 49.8. The molecule has 0 radical (unpaired) electrons. The lowest BCUT2D eigenvalue weighted by molar-refractivity contribution is -0.153. The zero-order valence-electron chi connectivity index (χ0n) is 33.0. The van der Waals surface area contributed by atoms with E-state index < -0.39 is 19.9 Å². The third kappa shape index (κ3) is 39.0. The van der Waals surface area contributed by atoms with Gasteiger partial charge in [0.15, 0.2) is 6.10 Å². The molecular formula is C43H76NO7P. The molecule has 0 saturated carbocycles. The second kappa shape index (κ2) is 40.0. The molecule has 0 aliphatic carbocycles. The van der Waals surface area contributed by atoms with Gasteiger partial charge >= 0.3 is 13.8 Å². The van der Waals surface area contributed by atoms with E-state index in [1.54, 1.807) is 6.26 Å². The normalized spacial score (nSPS) is 14.2. The topological polar surface area (TPSA) is 117 Å². The van der Waals surface area contributed by atoms with Crippen LogP contribution < -0.4 is 5.73 Å². The zero-order chi connectivity index (χ0) is 38.1. The first-order valence-electron chi connectivity index (χ1n) is 20.5. The molecule has 0 heterocycles. The van der Waals surface area contributed by atoms with Crippen molar-refractivity contribution in [2.45, 2.75) is 168 Å². The Morgan fingerprint density at radius 3 is 1.60 bits per heavy atom. The number of ether oxygens (including phenoxy) is 2. The Morgan fingerprint density at radius 2 is 1.04 bits per heavy atom. The smallest absolute Gasteiger partial charge is 0.472 e. The number of rotatable bonds is 38. The van der Waals surface area contributed by atoms with Crippen LogP contribution in [0.15, 0.2) is 73.1 Å². The first-order chi connectivity index (χ1) is 25.4. The van der Waals surface area contributed by atoms with Gasteiger partial charge < -0.3 is 20.1 Å².